The molecule has 2 aliphatic carbocycles. The zero-order valence-corrected chi connectivity index (χ0v) is 16.2. The molecule has 0 heterocycles. The molecule has 3 nitrogen and oxygen atoms in total. The molecule has 2 aliphatic rings. The molecule has 28 heavy (non-hydrogen) atoms. The summed E-state index contributed by atoms with van der Waals surface area (Å²) in [7, 11) is 0. The lowest BCUT2D eigenvalue weighted by Gasteiger charge is -2.28. The number of carbonyl (C=O) groups is 1. The quantitative estimate of drug-likeness (QED) is 0.704. The summed E-state index contributed by atoms with van der Waals surface area (Å²) in [6, 6.07) is 14.1. The highest BCUT2D eigenvalue weighted by Crippen LogP contribution is 2.49. The van der Waals surface area contributed by atoms with Crippen molar-refractivity contribution in [3.8, 4) is 6.07 Å². The number of halogens is 1. The van der Waals surface area contributed by atoms with Crippen LogP contribution in [0.15, 0.2) is 42.5 Å². The second kappa shape index (κ2) is 7.75. The van der Waals surface area contributed by atoms with Crippen LogP contribution < -0.4 is 4.90 Å². The third-order valence-corrected chi connectivity index (χ3v) is 6.47. The summed E-state index contributed by atoms with van der Waals surface area (Å²) in [5, 5.41) is 9.17. The number of rotatable bonds is 5. The Labute approximate surface area is 165 Å². The Morgan fingerprint density at radius 3 is 2.75 bits per heavy atom. The van der Waals surface area contributed by atoms with E-state index in [1.807, 2.05) is 25.1 Å². The summed E-state index contributed by atoms with van der Waals surface area (Å²) < 4.78 is 13.6. The predicted molar refractivity (Wildman–Crippen MR) is 107 cm³/mol. The standard InChI is InChI=1S/C24H25FN2O/c1-16-9-22(25)7-8-23(16)27(15-19-4-2-3-18(10-19)14-26)24(28)13-21-12-17-5-6-20(21)11-17/h2-4,7-10,17,20-21H,5-6,11-13,15H2,1H3/t17-,20-,21-/m1/s1. The van der Waals surface area contributed by atoms with E-state index in [1.165, 1.54) is 31.4 Å². The molecule has 144 valence electrons. The fourth-order valence-electron chi connectivity index (χ4n) is 5.11. The summed E-state index contributed by atoms with van der Waals surface area (Å²) in [6.45, 7) is 2.23. The zero-order chi connectivity index (χ0) is 19.7. The van der Waals surface area contributed by atoms with E-state index in [0.29, 0.717) is 30.4 Å². The van der Waals surface area contributed by atoms with Crippen LogP contribution in [-0.4, -0.2) is 5.91 Å². The normalized spacial score (nSPS) is 22.8. The Morgan fingerprint density at radius 2 is 2.07 bits per heavy atom. The molecule has 1 amide bonds. The second-order valence-electron chi connectivity index (χ2n) is 8.36. The summed E-state index contributed by atoms with van der Waals surface area (Å²) in [5.41, 5.74) is 2.98. The molecule has 0 aliphatic heterocycles. The number of hydrogen-bond donors (Lipinski definition) is 0. The lowest BCUT2D eigenvalue weighted by Crippen LogP contribution is -2.33. The predicted octanol–water partition coefficient (Wildman–Crippen LogP) is 5.37. The van der Waals surface area contributed by atoms with Gasteiger partial charge in [0.25, 0.3) is 0 Å². The number of carbonyl (C=O) groups excluding carboxylic acids is 1. The average molecular weight is 376 g/mol. The molecule has 2 aromatic rings. The lowest BCUT2D eigenvalue weighted by atomic mass is 9.86. The smallest absolute Gasteiger partial charge is 0.227 e. The SMILES string of the molecule is Cc1cc(F)ccc1N(Cc1cccc(C#N)c1)C(=O)C[C@H]1C[C@@H]2CC[C@@H]1C2. The van der Waals surface area contributed by atoms with Gasteiger partial charge >= 0.3 is 0 Å². The summed E-state index contributed by atoms with van der Waals surface area (Å²) in [4.78, 5) is 15.1. The Hall–Kier alpha value is -2.67. The van der Waals surface area contributed by atoms with Crippen molar-refractivity contribution in [3.63, 3.8) is 0 Å². The summed E-state index contributed by atoms with van der Waals surface area (Å²) in [5.74, 6) is 1.76. The Kier molecular flexibility index (Phi) is 5.17. The topological polar surface area (TPSA) is 44.1 Å². The van der Waals surface area contributed by atoms with E-state index in [4.69, 9.17) is 0 Å². The van der Waals surface area contributed by atoms with Crippen LogP contribution in [0.4, 0.5) is 10.1 Å². The van der Waals surface area contributed by atoms with E-state index in [9.17, 15) is 14.4 Å². The molecule has 0 saturated heterocycles. The highest BCUT2D eigenvalue weighted by molar-refractivity contribution is 5.94. The summed E-state index contributed by atoms with van der Waals surface area (Å²) >= 11 is 0. The van der Waals surface area contributed by atoms with Crippen molar-refractivity contribution in [1.82, 2.24) is 0 Å². The number of hydrogen-bond acceptors (Lipinski definition) is 2. The maximum absolute atomic E-state index is 13.6. The second-order valence-corrected chi connectivity index (χ2v) is 8.36. The molecular weight excluding hydrogens is 351 g/mol. The van der Waals surface area contributed by atoms with Crippen molar-refractivity contribution < 1.29 is 9.18 Å². The Balaban J connectivity index is 1.60. The van der Waals surface area contributed by atoms with Crippen LogP contribution >= 0.6 is 0 Å². The minimum absolute atomic E-state index is 0.0922. The van der Waals surface area contributed by atoms with Crippen LogP contribution in [0.3, 0.4) is 0 Å². The highest BCUT2D eigenvalue weighted by atomic mass is 19.1. The molecule has 2 bridgehead atoms. The molecule has 4 rings (SSSR count). The number of aryl methyl sites for hydroxylation is 1. The number of fused-ring (bicyclic) bond motifs is 2. The van der Waals surface area contributed by atoms with E-state index < -0.39 is 0 Å². The molecule has 0 spiro atoms. The van der Waals surface area contributed by atoms with Gasteiger partial charge in [-0.3, -0.25) is 4.79 Å². The van der Waals surface area contributed by atoms with Crippen molar-refractivity contribution in [3.05, 3.63) is 65.0 Å². The number of benzene rings is 2. The van der Waals surface area contributed by atoms with Crippen LogP contribution in [0.2, 0.25) is 0 Å². The molecule has 0 radical (unpaired) electrons. The van der Waals surface area contributed by atoms with Crippen LogP contribution in [0.25, 0.3) is 0 Å². The molecule has 3 atom stereocenters. The molecule has 0 aromatic heterocycles. The maximum atomic E-state index is 13.6. The molecule has 2 aromatic carbocycles. The van der Waals surface area contributed by atoms with Gasteiger partial charge in [-0.05, 0) is 85.4 Å². The van der Waals surface area contributed by atoms with Gasteiger partial charge in [-0.25, -0.2) is 4.39 Å². The fourth-order valence-corrected chi connectivity index (χ4v) is 5.11. The van der Waals surface area contributed by atoms with Gasteiger partial charge in [0.2, 0.25) is 5.91 Å². The van der Waals surface area contributed by atoms with Gasteiger partial charge in [-0.2, -0.15) is 5.26 Å². The first kappa shape index (κ1) is 18.7. The minimum Gasteiger partial charge on any atom is -0.308 e. The van der Waals surface area contributed by atoms with Crippen molar-refractivity contribution in [2.45, 2.75) is 45.6 Å². The molecule has 2 fully saturated rings. The van der Waals surface area contributed by atoms with Gasteiger partial charge in [0.15, 0.2) is 0 Å². The fraction of sp³-hybridized carbons (Fsp3) is 0.417. The van der Waals surface area contributed by atoms with Crippen LogP contribution in [0, 0.1) is 41.8 Å². The van der Waals surface area contributed by atoms with Gasteiger partial charge in [-0.1, -0.05) is 18.6 Å². The average Bonchev–Trinajstić information content (AvgIpc) is 3.30. The van der Waals surface area contributed by atoms with E-state index in [-0.39, 0.29) is 11.7 Å². The van der Waals surface area contributed by atoms with Crippen molar-refractivity contribution in [2.75, 3.05) is 4.90 Å². The Morgan fingerprint density at radius 1 is 1.21 bits per heavy atom. The monoisotopic (exact) mass is 376 g/mol. The largest absolute Gasteiger partial charge is 0.308 e. The molecule has 0 unspecified atom stereocenters. The van der Waals surface area contributed by atoms with Gasteiger partial charge in [0.1, 0.15) is 5.82 Å². The van der Waals surface area contributed by atoms with Crippen molar-refractivity contribution >= 4 is 11.6 Å². The van der Waals surface area contributed by atoms with E-state index in [2.05, 4.69) is 6.07 Å². The number of anilines is 1. The third kappa shape index (κ3) is 3.80. The van der Waals surface area contributed by atoms with Crippen molar-refractivity contribution in [1.29, 1.82) is 5.26 Å². The lowest BCUT2D eigenvalue weighted by molar-refractivity contribution is -0.120. The number of nitriles is 1. The van der Waals surface area contributed by atoms with Gasteiger partial charge in [-0.15, -0.1) is 0 Å². The van der Waals surface area contributed by atoms with Gasteiger partial charge in [0.05, 0.1) is 18.2 Å². The number of nitrogens with zero attached hydrogens (tertiary/aromatic N) is 2. The van der Waals surface area contributed by atoms with E-state index >= 15 is 0 Å². The number of amides is 1. The zero-order valence-electron chi connectivity index (χ0n) is 16.2. The van der Waals surface area contributed by atoms with E-state index in [1.54, 1.807) is 17.0 Å². The first-order valence-corrected chi connectivity index (χ1v) is 10.1. The third-order valence-electron chi connectivity index (χ3n) is 6.47. The maximum Gasteiger partial charge on any atom is 0.227 e. The molecule has 0 N–H and O–H groups in total. The van der Waals surface area contributed by atoms with Crippen molar-refractivity contribution in [2.24, 2.45) is 17.8 Å². The first-order valence-electron chi connectivity index (χ1n) is 10.1. The van der Waals surface area contributed by atoms with Crippen LogP contribution in [0.5, 0.6) is 0 Å². The summed E-state index contributed by atoms with van der Waals surface area (Å²) in [6.07, 6.45) is 5.56. The van der Waals surface area contributed by atoms with Crippen LogP contribution in [-0.2, 0) is 11.3 Å². The van der Waals surface area contributed by atoms with Gasteiger partial charge in [0, 0.05) is 12.1 Å². The van der Waals surface area contributed by atoms with E-state index in [0.717, 1.165) is 29.2 Å². The molecule has 2 saturated carbocycles. The molecule has 4 heteroatoms. The van der Waals surface area contributed by atoms with Gasteiger partial charge < -0.3 is 4.90 Å². The minimum atomic E-state index is -0.298. The Bertz CT molecular complexity index is 932. The first-order chi connectivity index (χ1) is 13.5. The molecular formula is C24H25FN2O. The highest BCUT2D eigenvalue weighted by Gasteiger charge is 2.40. The van der Waals surface area contributed by atoms with Crippen LogP contribution in [0.1, 0.15) is 48.8 Å².